The normalized spacial score (nSPS) is 43.1. The van der Waals surface area contributed by atoms with Crippen LogP contribution in [0.25, 0.3) is 0 Å². The zero-order valence-corrected chi connectivity index (χ0v) is 19.8. The van der Waals surface area contributed by atoms with Gasteiger partial charge in [-0.15, -0.1) is 0 Å². The molecule has 0 heterocycles. The molecule has 3 fully saturated rings. The molecule has 0 aromatic heterocycles. The molecule has 0 spiro atoms. The Morgan fingerprint density at radius 3 is 2.47 bits per heavy atom. The van der Waals surface area contributed by atoms with Gasteiger partial charge >= 0.3 is 0 Å². The predicted octanol–water partition coefficient (Wildman–Crippen LogP) is 5.39. The maximum absolute atomic E-state index is 10.3. The van der Waals surface area contributed by atoms with Gasteiger partial charge in [-0.2, -0.15) is 0 Å². The number of hydrogen-bond acceptors (Lipinski definition) is 3. The molecule has 3 N–H and O–H groups in total. The van der Waals surface area contributed by atoms with Crippen molar-refractivity contribution in [2.24, 2.45) is 34.5 Å². The van der Waals surface area contributed by atoms with Crippen LogP contribution in [0.2, 0.25) is 0 Å². The molecule has 0 aromatic carbocycles. The van der Waals surface area contributed by atoms with Crippen molar-refractivity contribution in [3.8, 4) is 0 Å². The minimum Gasteiger partial charge on any atom is -0.393 e. The number of aliphatic hydroxyl groups excluding tert-OH is 2. The highest BCUT2D eigenvalue weighted by Gasteiger charge is 2.56. The van der Waals surface area contributed by atoms with E-state index >= 15 is 0 Å². The van der Waals surface area contributed by atoms with Gasteiger partial charge in [-0.1, -0.05) is 44.1 Å². The molecule has 0 radical (unpaired) electrons. The van der Waals surface area contributed by atoms with Gasteiger partial charge < -0.3 is 15.3 Å². The number of rotatable bonds is 5. The largest absolute Gasteiger partial charge is 0.393 e. The SMILES string of the molecule is C[C@H](CC[C@H](O)C(C)(C)O)[C@H]1CC[C@H]2C3=CC=C4C[C@@H](O)CC[C@]4(C)[C@H]3CC[C@]12C. The Balaban J connectivity index is 1.51. The van der Waals surface area contributed by atoms with Crippen LogP contribution in [0.15, 0.2) is 23.3 Å². The highest BCUT2D eigenvalue weighted by Crippen LogP contribution is 2.66. The first kappa shape index (κ1) is 22.6. The number of allylic oxidation sites excluding steroid dienone is 3. The molecule has 4 aliphatic rings. The molecular weight excluding hydrogens is 372 g/mol. The smallest absolute Gasteiger partial charge is 0.0849 e. The van der Waals surface area contributed by atoms with Gasteiger partial charge in [0.1, 0.15) is 0 Å². The molecule has 0 unspecified atom stereocenters. The number of aliphatic hydroxyl groups is 3. The van der Waals surface area contributed by atoms with E-state index in [2.05, 4.69) is 32.9 Å². The molecule has 0 amide bonds. The second-order valence-corrected chi connectivity index (χ2v) is 12.2. The molecule has 0 bridgehead atoms. The molecule has 3 nitrogen and oxygen atoms in total. The van der Waals surface area contributed by atoms with Gasteiger partial charge in [0.2, 0.25) is 0 Å². The summed E-state index contributed by atoms with van der Waals surface area (Å²) in [7, 11) is 0. The molecule has 170 valence electrons. The van der Waals surface area contributed by atoms with Crippen LogP contribution in [-0.4, -0.2) is 33.1 Å². The van der Waals surface area contributed by atoms with Crippen molar-refractivity contribution in [1.82, 2.24) is 0 Å². The summed E-state index contributed by atoms with van der Waals surface area (Å²) in [5.74, 6) is 2.62. The van der Waals surface area contributed by atoms with Gasteiger partial charge in [0.15, 0.2) is 0 Å². The summed E-state index contributed by atoms with van der Waals surface area (Å²) < 4.78 is 0. The van der Waals surface area contributed by atoms with Crippen molar-refractivity contribution in [3.63, 3.8) is 0 Å². The van der Waals surface area contributed by atoms with Crippen molar-refractivity contribution in [2.75, 3.05) is 0 Å². The van der Waals surface area contributed by atoms with Crippen LogP contribution in [-0.2, 0) is 0 Å². The maximum Gasteiger partial charge on any atom is 0.0849 e. The van der Waals surface area contributed by atoms with Crippen LogP contribution in [0.3, 0.4) is 0 Å². The van der Waals surface area contributed by atoms with Crippen LogP contribution in [0.4, 0.5) is 0 Å². The van der Waals surface area contributed by atoms with Crippen molar-refractivity contribution in [1.29, 1.82) is 0 Å². The third kappa shape index (κ3) is 3.63. The van der Waals surface area contributed by atoms with E-state index in [1.165, 1.54) is 31.3 Å². The predicted molar refractivity (Wildman–Crippen MR) is 122 cm³/mol. The quantitative estimate of drug-likeness (QED) is 0.563. The Morgan fingerprint density at radius 1 is 1.03 bits per heavy atom. The second-order valence-electron chi connectivity index (χ2n) is 12.2. The minimum atomic E-state index is -1.01. The fraction of sp³-hybridized carbons (Fsp3) is 0.852. The standard InChI is InChI=1S/C27H44O3/c1-17(6-11-24(29)25(2,3)30)21-9-10-22-20-8-7-18-16-19(28)12-14-26(18,4)23(20)13-15-27(21,22)5/h7-8,17,19,21-24,28-30H,6,9-16H2,1-5H3/t17-,19+,21-,22+,23+,24+,26+,27-/m1/s1. The molecule has 30 heavy (non-hydrogen) atoms. The van der Waals surface area contributed by atoms with Crippen LogP contribution < -0.4 is 0 Å². The molecular formula is C27H44O3. The number of fused-ring (bicyclic) bond motifs is 5. The van der Waals surface area contributed by atoms with E-state index in [1.807, 2.05) is 0 Å². The molecule has 0 aliphatic heterocycles. The van der Waals surface area contributed by atoms with Gasteiger partial charge in [-0.25, -0.2) is 0 Å². The average Bonchev–Trinajstić information content (AvgIpc) is 3.03. The van der Waals surface area contributed by atoms with Crippen molar-refractivity contribution in [2.45, 2.75) is 110 Å². The highest BCUT2D eigenvalue weighted by molar-refractivity contribution is 5.38. The fourth-order valence-electron chi connectivity index (χ4n) is 7.93. The lowest BCUT2D eigenvalue weighted by Gasteiger charge is -2.55. The summed E-state index contributed by atoms with van der Waals surface area (Å²) >= 11 is 0. The summed E-state index contributed by atoms with van der Waals surface area (Å²) in [6.45, 7) is 10.8. The van der Waals surface area contributed by atoms with Gasteiger partial charge in [-0.3, -0.25) is 0 Å². The summed E-state index contributed by atoms with van der Waals surface area (Å²) in [5, 5.41) is 30.6. The third-order valence-electron chi connectivity index (χ3n) is 10.0. The lowest BCUT2D eigenvalue weighted by atomic mass is 9.50. The first-order valence-corrected chi connectivity index (χ1v) is 12.5. The molecule has 4 aliphatic carbocycles. The van der Waals surface area contributed by atoms with Crippen LogP contribution >= 0.6 is 0 Å². The number of hydrogen-bond donors (Lipinski definition) is 3. The molecule has 0 saturated heterocycles. The average molecular weight is 417 g/mol. The molecule has 8 atom stereocenters. The van der Waals surface area contributed by atoms with E-state index in [9.17, 15) is 15.3 Å². The van der Waals surface area contributed by atoms with Crippen LogP contribution in [0.1, 0.15) is 92.4 Å². The van der Waals surface area contributed by atoms with E-state index in [0.717, 1.165) is 25.7 Å². The summed E-state index contributed by atoms with van der Waals surface area (Å²) in [6.07, 6.45) is 13.8. The lowest BCUT2D eigenvalue weighted by Crippen LogP contribution is -2.46. The van der Waals surface area contributed by atoms with E-state index in [1.54, 1.807) is 19.4 Å². The van der Waals surface area contributed by atoms with Gasteiger partial charge in [-0.05, 0) is 106 Å². The summed E-state index contributed by atoms with van der Waals surface area (Å²) in [6, 6.07) is 0. The monoisotopic (exact) mass is 416 g/mol. The van der Waals surface area contributed by atoms with Crippen molar-refractivity contribution in [3.05, 3.63) is 23.3 Å². The second kappa shape index (κ2) is 7.74. The summed E-state index contributed by atoms with van der Waals surface area (Å²) in [4.78, 5) is 0. The first-order chi connectivity index (χ1) is 14.0. The van der Waals surface area contributed by atoms with Gasteiger partial charge in [0, 0.05) is 0 Å². The topological polar surface area (TPSA) is 60.7 Å². The van der Waals surface area contributed by atoms with Crippen molar-refractivity contribution < 1.29 is 15.3 Å². The molecule has 4 rings (SSSR count). The van der Waals surface area contributed by atoms with Crippen LogP contribution in [0, 0.1) is 34.5 Å². The molecule has 3 heteroatoms. The Labute approximate surface area is 183 Å². The lowest BCUT2D eigenvalue weighted by molar-refractivity contribution is -0.0557. The Morgan fingerprint density at radius 2 is 1.77 bits per heavy atom. The molecule has 3 saturated carbocycles. The van der Waals surface area contributed by atoms with Crippen LogP contribution in [0.5, 0.6) is 0 Å². The fourth-order valence-corrected chi connectivity index (χ4v) is 7.93. The Hall–Kier alpha value is -0.640. The summed E-state index contributed by atoms with van der Waals surface area (Å²) in [5.41, 5.74) is 2.79. The zero-order chi connectivity index (χ0) is 21.9. The van der Waals surface area contributed by atoms with Gasteiger partial charge in [0.05, 0.1) is 17.8 Å². The Bertz CT molecular complexity index is 716. The van der Waals surface area contributed by atoms with Gasteiger partial charge in [0.25, 0.3) is 0 Å². The minimum absolute atomic E-state index is 0.149. The third-order valence-corrected chi connectivity index (χ3v) is 10.0. The maximum atomic E-state index is 10.3. The van der Waals surface area contributed by atoms with E-state index in [0.29, 0.717) is 35.5 Å². The molecule has 0 aromatic rings. The van der Waals surface area contributed by atoms with Crippen molar-refractivity contribution >= 4 is 0 Å². The van der Waals surface area contributed by atoms with E-state index in [-0.39, 0.29) is 11.5 Å². The van der Waals surface area contributed by atoms with E-state index in [4.69, 9.17) is 0 Å². The zero-order valence-electron chi connectivity index (χ0n) is 19.8. The Kier molecular flexibility index (Phi) is 5.82. The first-order valence-electron chi connectivity index (χ1n) is 12.5. The van der Waals surface area contributed by atoms with E-state index < -0.39 is 11.7 Å². The highest BCUT2D eigenvalue weighted by atomic mass is 16.3.